The molecule has 0 atom stereocenters. The summed E-state index contributed by atoms with van der Waals surface area (Å²) >= 11 is 0. The van der Waals surface area contributed by atoms with Crippen molar-refractivity contribution in [3.63, 3.8) is 0 Å². The van der Waals surface area contributed by atoms with Crippen molar-refractivity contribution in [1.82, 2.24) is 9.29 Å². The quantitative estimate of drug-likeness (QED) is 0.600. The minimum Gasteiger partial charge on any atom is -0.475 e. The molecule has 11 heteroatoms. The van der Waals surface area contributed by atoms with E-state index in [9.17, 15) is 26.9 Å². The summed E-state index contributed by atoms with van der Waals surface area (Å²) in [5, 5.41) is 20.8. The fraction of sp³-hybridized carbons (Fsp3) is 0.238. The van der Waals surface area contributed by atoms with Crippen molar-refractivity contribution in [2.75, 3.05) is 6.54 Å². The summed E-state index contributed by atoms with van der Waals surface area (Å²) in [6.07, 6.45) is -2.60. The molecule has 4 rings (SSSR count). The third-order valence-electron chi connectivity index (χ3n) is 4.88. The van der Waals surface area contributed by atoms with Gasteiger partial charge >= 0.3 is 12.1 Å². The normalized spacial score (nSPS) is 13.6. The molecule has 0 aliphatic carbocycles. The molecule has 0 unspecified atom stereocenters. The number of alkyl halides is 3. The summed E-state index contributed by atoms with van der Waals surface area (Å²) in [5.74, 6) is -2.76. The minimum absolute atomic E-state index is 0.0547. The van der Waals surface area contributed by atoms with Crippen LogP contribution in [0, 0.1) is 18.3 Å². The lowest BCUT2D eigenvalue weighted by atomic mass is 10.1. The number of hydrogen-bond acceptors (Lipinski definition) is 5. The summed E-state index contributed by atoms with van der Waals surface area (Å²) in [5.41, 5.74) is 3.76. The van der Waals surface area contributed by atoms with E-state index in [4.69, 9.17) is 9.90 Å². The molecule has 0 fully saturated rings. The fourth-order valence-corrected chi connectivity index (χ4v) is 5.06. The van der Waals surface area contributed by atoms with Crippen LogP contribution in [0.1, 0.15) is 22.3 Å². The van der Waals surface area contributed by atoms with Crippen molar-refractivity contribution >= 4 is 26.9 Å². The summed E-state index contributed by atoms with van der Waals surface area (Å²) in [7, 11) is -3.85. The molecule has 0 saturated carbocycles. The van der Waals surface area contributed by atoms with Gasteiger partial charge in [0.1, 0.15) is 11.0 Å². The number of halogens is 3. The Morgan fingerprint density at radius 2 is 1.91 bits per heavy atom. The predicted molar refractivity (Wildman–Crippen MR) is 110 cm³/mol. The topological polar surface area (TPSA) is 112 Å². The van der Waals surface area contributed by atoms with E-state index in [1.807, 2.05) is 31.2 Å². The van der Waals surface area contributed by atoms with Gasteiger partial charge in [0.2, 0.25) is 0 Å². The third kappa shape index (κ3) is 4.46. The molecule has 3 aromatic rings. The second-order valence-electron chi connectivity index (χ2n) is 7.11. The van der Waals surface area contributed by atoms with Crippen LogP contribution in [0.4, 0.5) is 13.2 Å². The van der Waals surface area contributed by atoms with Gasteiger partial charge in [-0.05, 0) is 54.8 Å². The molecule has 2 N–H and O–H groups in total. The predicted octanol–water partition coefficient (Wildman–Crippen LogP) is 3.34. The van der Waals surface area contributed by atoms with Gasteiger partial charge in [-0.2, -0.15) is 18.4 Å². The second kappa shape index (κ2) is 8.64. The number of nitriles is 1. The smallest absolute Gasteiger partial charge is 0.475 e. The highest BCUT2D eigenvalue weighted by atomic mass is 32.2. The van der Waals surface area contributed by atoms with Crippen LogP contribution in [0.2, 0.25) is 0 Å². The minimum atomic E-state index is -5.08. The largest absolute Gasteiger partial charge is 0.490 e. The van der Waals surface area contributed by atoms with Crippen LogP contribution in [0.25, 0.3) is 10.9 Å². The highest BCUT2D eigenvalue weighted by molar-refractivity contribution is 7.90. The van der Waals surface area contributed by atoms with Crippen molar-refractivity contribution in [2.24, 2.45) is 0 Å². The van der Waals surface area contributed by atoms with Crippen LogP contribution >= 0.6 is 0 Å². The number of rotatable bonds is 2. The van der Waals surface area contributed by atoms with Crippen LogP contribution in [0.5, 0.6) is 0 Å². The van der Waals surface area contributed by atoms with E-state index in [2.05, 4.69) is 5.32 Å². The number of benzene rings is 2. The van der Waals surface area contributed by atoms with E-state index in [0.717, 1.165) is 41.6 Å². The van der Waals surface area contributed by atoms with Gasteiger partial charge < -0.3 is 10.4 Å². The van der Waals surface area contributed by atoms with E-state index in [1.165, 1.54) is 3.97 Å². The van der Waals surface area contributed by atoms with E-state index >= 15 is 0 Å². The zero-order valence-corrected chi connectivity index (χ0v) is 17.6. The van der Waals surface area contributed by atoms with Crippen molar-refractivity contribution in [2.45, 2.75) is 31.0 Å². The highest BCUT2D eigenvalue weighted by Gasteiger charge is 2.38. The molecule has 7 nitrogen and oxygen atoms in total. The molecule has 168 valence electrons. The maximum absolute atomic E-state index is 13.3. The van der Waals surface area contributed by atoms with Gasteiger partial charge in [-0.15, -0.1) is 0 Å². The standard InChI is InChI=1S/C19H17N3O2S.C2HF3O2/c1-13-5-6-14(10-20)18(9-13)25(23,24)22-12-16-7-8-21-11-15-3-2-4-17(22)19(15)16;3-2(4,5)1(6)7/h2-6,9,12,21H,7-8,11H2,1H3;(H,6,7). The molecular formula is C21H18F3N3O4S. The van der Waals surface area contributed by atoms with Crippen LogP contribution in [0.3, 0.4) is 0 Å². The molecule has 0 saturated heterocycles. The van der Waals surface area contributed by atoms with Crippen LogP contribution in [-0.4, -0.2) is 36.2 Å². The van der Waals surface area contributed by atoms with Gasteiger partial charge in [-0.1, -0.05) is 18.2 Å². The van der Waals surface area contributed by atoms with Gasteiger partial charge in [0.05, 0.1) is 11.1 Å². The molecule has 2 aromatic carbocycles. The Balaban J connectivity index is 0.000000360. The number of carboxylic acid groups (broad SMARTS) is 1. The Labute approximate surface area is 181 Å². The number of nitrogens with zero attached hydrogens (tertiary/aromatic N) is 2. The molecule has 0 radical (unpaired) electrons. The molecule has 1 aliphatic rings. The van der Waals surface area contributed by atoms with Crippen molar-refractivity contribution in [3.8, 4) is 6.07 Å². The lowest BCUT2D eigenvalue weighted by molar-refractivity contribution is -0.192. The molecule has 2 heterocycles. The number of hydrogen-bond donors (Lipinski definition) is 2. The Morgan fingerprint density at radius 3 is 2.53 bits per heavy atom. The number of aromatic nitrogens is 1. The average molecular weight is 465 g/mol. The van der Waals surface area contributed by atoms with Gasteiger partial charge in [0.25, 0.3) is 10.0 Å². The maximum atomic E-state index is 13.3. The molecule has 1 aromatic heterocycles. The van der Waals surface area contributed by atoms with Crippen molar-refractivity contribution in [1.29, 1.82) is 5.26 Å². The number of carbonyl (C=O) groups is 1. The van der Waals surface area contributed by atoms with Crippen LogP contribution in [-0.2, 0) is 27.8 Å². The summed E-state index contributed by atoms with van der Waals surface area (Å²) in [6.45, 7) is 3.35. The van der Waals surface area contributed by atoms with Gasteiger partial charge in [-0.3, -0.25) is 0 Å². The molecule has 0 amide bonds. The Morgan fingerprint density at radius 1 is 1.22 bits per heavy atom. The summed E-state index contributed by atoms with van der Waals surface area (Å²) in [6, 6.07) is 12.6. The molecule has 1 aliphatic heterocycles. The average Bonchev–Trinajstić information content (AvgIpc) is 2.98. The molecule has 32 heavy (non-hydrogen) atoms. The van der Waals surface area contributed by atoms with E-state index in [0.29, 0.717) is 5.52 Å². The lowest BCUT2D eigenvalue weighted by Crippen LogP contribution is -2.21. The fourth-order valence-electron chi connectivity index (χ4n) is 3.44. The highest BCUT2D eigenvalue weighted by Crippen LogP contribution is 2.31. The second-order valence-corrected chi connectivity index (χ2v) is 8.89. The Hall–Kier alpha value is -3.36. The first-order valence-electron chi connectivity index (χ1n) is 9.36. The number of aliphatic carboxylic acids is 1. The van der Waals surface area contributed by atoms with Crippen molar-refractivity contribution in [3.05, 3.63) is 64.8 Å². The molecular weight excluding hydrogens is 447 g/mol. The van der Waals surface area contributed by atoms with E-state index in [-0.39, 0.29) is 10.5 Å². The van der Waals surface area contributed by atoms with Gasteiger partial charge in [0.15, 0.2) is 0 Å². The third-order valence-corrected chi connectivity index (χ3v) is 6.60. The van der Waals surface area contributed by atoms with E-state index < -0.39 is 22.2 Å². The SMILES string of the molecule is Cc1ccc(C#N)c(S(=O)(=O)n2cc3c4c(cccc42)CNCC3)c1.O=C(O)C(F)(F)F. The zero-order chi connectivity index (χ0) is 23.7. The number of nitrogens with one attached hydrogen (secondary N) is 1. The monoisotopic (exact) mass is 465 g/mol. The first-order valence-corrected chi connectivity index (χ1v) is 10.8. The van der Waals surface area contributed by atoms with Gasteiger partial charge in [-0.25, -0.2) is 17.2 Å². The maximum Gasteiger partial charge on any atom is 0.490 e. The summed E-state index contributed by atoms with van der Waals surface area (Å²) < 4.78 is 59.7. The number of aryl methyl sites for hydroxylation is 1. The van der Waals surface area contributed by atoms with Crippen LogP contribution < -0.4 is 5.32 Å². The Kier molecular flexibility index (Phi) is 6.29. The first kappa shape index (κ1) is 23.3. The number of carboxylic acids is 1. The van der Waals surface area contributed by atoms with Crippen LogP contribution in [0.15, 0.2) is 47.5 Å². The molecule has 0 spiro atoms. The van der Waals surface area contributed by atoms with Crippen molar-refractivity contribution < 1.29 is 31.5 Å². The lowest BCUT2D eigenvalue weighted by Gasteiger charge is -2.11. The molecule has 0 bridgehead atoms. The van der Waals surface area contributed by atoms with E-state index in [1.54, 1.807) is 24.4 Å². The summed E-state index contributed by atoms with van der Waals surface area (Å²) in [4.78, 5) is 8.95. The Bertz CT molecular complexity index is 1340. The first-order chi connectivity index (χ1) is 15.0. The van der Waals surface area contributed by atoms with Gasteiger partial charge in [0, 0.05) is 18.1 Å². The zero-order valence-electron chi connectivity index (χ0n) is 16.8.